The van der Waals surface area contributed by atoms with Gasteiger partial charge in [0.15, 0.2) is 0 Å². The smallest absolute Gasteiger partial charge is 0.270 e. The predicted octanol–water partition coefficient (Wildman–Crippen LogP) is 2.92. The maximum atomic E-state index is 13.2. The number of aromatic amines is 2. The zero-order valence-electron chi connectivity index (χ0n) is 20.7. The number of carbonyl (C=O) groups is 1. The molecule has 0 aliphatic heterocycles. The Balaban J connectivity index is 1.71. The molecule has 0 aromatic carbocycles. The van der Waals surface area contributed by atoms with E-state index >= 15 is 0 Å². The highest BCUT2D eigenvalue weighted by Gasteiger charge is 2.30. The molecule has 3 rings (SSSR count). The zero-order chi connectivity index (χ0) is 24.6. The van der Waals surface area contributed by atoms with Crippen molar-refractivity contribution in [3.05, 3.63) is 65.5 Å². The molecule has 0 spiro atoms. The summed E-state index contributed by atoms with van der Waals surface area (Å²) in [6.45, 7) is 12.2. The molecule has 3 aromatic heterocycles. The normalized spacial score (nSPS) is 12.1. The molecular weight excluding hydrogens is 446 g/mol. The van der Waals surface area contributed by atoms with E-state index in [2.05, 4.69) is 51.3 Å². The molecule has 0 fully saturated rings. The van der Waals surface area contributed by atoms with E-state index in [1.807, 2.05) is 32.2 Å². The molecule has 0 aliphatic rings. The van der Waals surface area contributed by atoms with Gasteiger partial charge < -0.3 is 25.0 Å². The topological polar surface area (TPSA) is 121 Å². The molecule has 182 valence electrons. The first-order valence-electron chi connectivity index (χ1n) is 11.5. The molecular formula is C24H35N7O2Si. The van der Waals surface area contributed by atoms with Crippen LogP contribution in [-0.4, -0.2) is 53.7 Å². The Bertz CT molecular complexity index is 1030. The maximum Gasteiger partial charge on any atom is 0.270 e. The molecule has 3 aromatic rings. The molecule has 10 heteroatoms. The first-order valence-corrected chi connectivity index (χ1v) is 12.4. The van der Waals surface area contributed by atoms with Gasteiger partial charge in [0, 0.05) is 61.8 Å². The van der Waals surface area contributed by atoms with Gasteiger partial charge in [-0.15, -0.1) is 0 Å². The lowest BCUT2D eigenvalue weighted by molar-refractivity contribution is 0.0903. The van der Waals surface area contributed by atoms with Crippen LogP contribution in [0, 0.1) is 0 Å². The van der Waals surface area contributed by atoms with Crippen molar-refractivity contribution in [2.24, 2.45) is 0 Å². The molecule has 0 saturated carbocycles. The molecule has 34 heavy (non-hydrogen) atoms. The zero-order valence-corrected chi connectivity index (χ0v) is 21.7. The number of hydrogen-bond acceptors (Lipinski definition) is 6. The Morgan fingerprint density at radius 2 is 1.65 bits per heavy atom. The van der Waals surface area contributed by atoms with E-state index in [4.69, 9.17) is 9.41 Å². The van der Waals surface area contributed by atoms with Crippen molar-refractivity contribution in [3.8, 4) is 0 Å². The average molecular weight is 482 g/mol. The highest BCUT2D eigenvalue weighted by molar-refractivity contribution is 6.31. The average Bonchev–Trinajstić information content (AvgIpc) is 3.49. The Labute approximate surface area is 203 Å². The Morgan fingerprint density at radius 1 is 1.00 bits per heavy atom. The second kappa shape index (κ2) is 11.5. The third-order valence-electron chi connectivity index (χ3n) is 5.10. The summed E-state index contributed by atoms with van der Waals surface area (Å²) < 4.78 is 6.28. The van der Waals surface area contributed by atoms with E-state index in [9.17, 15) is 4.79 Å². The summed E-state index contributed by atoms with van der Waals surface area (Å²) in [5.74, 6) is -0.204. The summed E-state index contributed by atoms with van der Waals surface area (Å²) in [6, 6.07) is 3.93. The van der Waals surface area contributed by atoms with Crippen molar-refractivity contribution in [1.82, 2.24) is 35.6 Å². The van der Waals surface area contributed by atoms with Gasteiger partial charge in [-0.1, -0.05) is 26.8 Å². The Hall–Kier alpha value is -2.82. The third kappa shape index (κ3) is 7.89. The van der Waals surface area contributed by atoms with Crippen LogP contribution in [0.25, 0.3) is 0 Å². The van der Waals surface area contributed by atoms with Gasteiger partial charge in [-0.2, -0.15) is 0 Å². The Kier molecular flexibility index (Phi) is 8.76. The summed E-state index contributed by atoms with van der Waals surface area (Å²) in [7, 11) is 0.289. The maximum absolute atomic E-state index is 13.2. The van der Waals surface area contributed by atoms with Crippen molar-refractivity contribution in [1.29, 1.82) is 0 Å². The summed E-state index contributed by atoms with van der Waals surface area (Å²) in [4.78, 5) is 32.1. The van der Waals surface area contributed by atoms with Gasteiger partial charge in [-0.05, 0) is 25.0 Å². The first kappa shape index (κ1) is 25.8. The number of aromatic nitrogens is 5. The van der Waals surface area contributed by atoms with Crippen molar-refractivity contribution >= 4 is 15.7 Å². The summed E-state index contributed by atoms with van der Waals surface area (Å²) in [6.07, 6.45) is 8.40. The highest BCUT2D eigenvalue weighted by atomic mass is 28.2. The van der Waals surface area contributed by atoms with Gasteiger partial charge in [0.25, 0.3) is 5.91 Å². The van der Waals surface area contributed by atoms with Gasteiger partial charge in [0.1, 0.15) is 5.69 Å². The standard InChI is InChI=1S/C24H35N7O2Si/c1-23(2,3)34-33-24(4,5)20-7-6-19(14-25-10-8-17-12-26-15-29-17)31-21(20)22(32)28-11-9-18-13-27-16-30-18/h6-7,12-13,15-16,25H,8-11,14H2,1-5H3,(H,26,29)(H,27,30)(H,28,32). The van der Waals surface area contributed by atoms with Crippen molar-refractivity contribution in [2.75, 3.05) is 13.1 Å². The van der Waals surface area contributed by atoms with Crippen LogP contribution in [0.15, 0.2) is 37.2 Å². The summed E-state index contributed by atoms with van der Waals surface area (Å²) >= 11 is 0. The van der Waals surface area contributed by atoms with Crippen LogP contribution in [-0.2, 0) is 29.4 Å². The number of amides is 1. The van der Waals surface area contributed by atoms with E-state index in [0.29, 0.717) is 25.2 Å². The highest BCUT2D eigenvalue weighted by Crippen LogP contribution is 2.31. The molecule has 0 atom stereocenters. The van der Waals surface area contributed by atoms with E-state index < -0.39 is 5.60 Å². The van der Waals surface area contributed by atoms with Gasteiger partial charge in [-0.25, -0.2) is 15.0 Å². The fraction of sp³-hybridized carbons (Fsp3) is 0.500. The van der Waals surface area contributed by atoms with Crippen molar-refractivity contribution in [2.45, 2.75) is 64.6 Å². The minimum Gasteiger partial charge on any atom is -0.408 e. The van der Waals surface area contributed by atoms with Crippen LogP contribution < -0.4 is 10.6 Å². The van der Waals surface area contributed by atoms with Gasteiger partial charge in [-0.3, -0.25) is 4.79 Å². The van der Waals surface area contributed by atoms with E-state index in [1.54, 1.807) is 18.9 Å². The van der Waals surface area contributed by atoms with Crippen molar-refractivity contribution < 1.29 is 9.22 Å². The van der Waals surface area contributed by atoms with Gasteiger partial charge in [0.2, 0.25) is 9.76 Å². The summed E-state index contributed by atoms with van der Waals surface area (Å²) in [5, 5.41) is 6.43. The number of nitrogens with zero attached hydrogens (tertiary/aromatic N) is 3. The lowest BCUT2D eigenvalue weighted by atomic mass is 9.95. The van der Waals surface area contributed by atoms with Gasteiger partial charge >= 0.3 is 0 Å². The number of imidazole rings is 2. The minimum absolute atomic E-state index is 0.0374. The van der Waals surface area contributed by atoms with Crippen LogP contribution >= 0.6 is 0 Å². The number of rotatable bonds is 12. The van der Waals surface area contributed by atoms with Crippen LogP contribution in [0.4, 0.5) is 0 Å². The van der Waals surface area contributed by atoms with Crippen LogP contribution in [0.3, 0.4) is 0 Å². The molecule has 2 radical (unpaired) electrons. The van der Waals surface area contributed by atoms with Crippen LogP contribution in [0.5, 0.6) is 0 Å². The largest absolute Gasteiger partial charge is 0.408 e. The molecule has 3 heterocycles. The SMILES string of the molecule is CC(C)(C)[Si]OC(C)(C)c1ccc(CNCCc2cnc[nH]2)nc1C(=O)NCCc1cnc[nH]1. The molecule has 1 amide bonds. The Morgan fingerprint density at radius 3 is 2.24 bits per heavy atom. The number of H-pyrrole nitrogens is 2. The number of nitrogens with one attached hydrogen (secondary N) is 4. The number of hydrogen-bond donors (Lipinski definition) is 4. The van der Waals surface area contributed by atoms with E-state index in [-0.39, 0.29) is 20.7 Å². The number of pyridine rings is 1. The lowest BCUT2D eigenvalue weighted by Gasteiger charge is -2.31. The molecule has 4 N–H and O–H groups in total. The molecule has 0 saturated heterocycles. The molecule has 0 unspecified atom stereocenters. The fourth-order valence-electron chi connectivity index (χ4n) is 3.27. The van der Waals surface area contributed by atoms with E-state index in [1.165, 1.54) is 0 Å². The van der Waals surface area contributed by atoms with E-state index in [0.717, 1.165) is 35.6 Å². The van der Waals surface area contributed by atoms with Gasteiger partial charge in [0.05, 0.1) is 23.9 Å². The predicted molar refractivity (Wildman–Crippen MR) is 132 cm³/mol. The molecule has 9 nitrogen and oxygen atoms in total. The second-order valence-corrected chi connectivity index (χ2v) is 11.7. The quantitative estimate of drug-likeness (QED) is 0.233. The number of carbonyl (C=O) groups excluding carboxylic acids is 1. The van der Waals surface area contributed by atoms with Crippen molar-refractivity contribution in [3.63, 3.8) is 0 Å². The summed E-state index contributed by atoms with van der Waals surface area (Å²) in [5.41, 5.74) is 3.39. The van der Waals surface area contributed by atoms with Crippen LogP contribution in [0.2, 0.25) is 5.04 Å². The third-order valence-corrected chi connectivity index (χ3v) is 6.32. The molecule has 0 bridgehead atoms. The monoisotopic (exact) mass is 481 g/mol. The van der Waals surface area contributed by atoms with Crippen LogP contribution in [0.1, 0.15) is 67.8 Å². The minimum atomic E-state index is -0.651. The lowest BCUT2D eigenvalue weighted by Crippen LogP contribution is -2.34. The second-order valence-electron chi connectivity index (χ2n) is 9.75. The molecule has 0 aliphatic carbocycles. The first-order chi connectivity index (χ1) is 16.1. The fourth-order valence-corrected chi connectivity index (χ4v) is 3.94.